The van der Waals surface area contributed by atoms with Crippen LogP contribution in [0.2, 0.25) is 0 Å². The molecule has 0 bridgehead atoms. The van der Waals surface area contributed by atoms with Crippen molar-refractivity contribution in [3.05, 3.63) is 65.2 Å². The molecule has 0 saturated carbocycles. The second-order valence-electron chi connectivity index (χ2n) is 17.4. The molecule has 0 spiro atoms. The summed E-state index contributed by atoms with van der Waals surface area (Å²) >= 11 is 0. The highest BCUT2D eigenvalue weighted by atomic mass is 16.4. The number of unbranched alkanes of at least 4 members (excludes halogenated alkanes) is 1. The highest BCUT2D eigenvalue weighted by Gasteiger charge is 2.38. The Morgan fingerprint density at radius 1 is 0.662 bits per heavy atom. The minimum atomic E-state index is -1.47. The molecule has 0 heterocycles. The van der Waals surface area contributed by atoms with Gasteiger partial charge in [-0.25, -0.2) is 0 Å². The van der Waals surface area contributed by atoms with Gasteiger partial charge in [-0.05, 0) is 60.8 Å². The number of aliphatic carboxylic acids is 2. The standard InChI is InChI=1S/C46H65N7O12/c1-8-9-17-31(39(60)41(47)61)50-43(63)33(23-26(2)3)52-45(65)40(46(5,6)7)53-44(64)34(24-28-15-11-10-14-27(28)4)51-42(62)32(19-21-37(56)57)49-36(55)25-48-30-18-13-12-16-29(30)35(54)20-22-38(58)59/h10-16,18,26,31-34,40,48H,8-9,17,19-25H2,1-7H3,(H2,47,61)(H,49,55)(H,50,63)(H,51,62)(H,52,65)(H,53,64)(H,56,57)(H,58,59)/t31?,32-,33-,34-,40+/m0/s1. The van der Waals surface area contributed by atoms with Gasteiger partial charge in [-0.15, -0.1) is 0 Å². The van der Waals surface area contributed by atoms with E-state index in [9.17, 15) is 53.1 Å². The number of nitrogens with one attached hydrogen (secondary N) is 6. The number of amides is 6. The van der Waals surface area contributed by atoms with Gasteiger partial charge in [0, 0.05) is 30.5 Å². The fourth-order valence-electron chi connectivity index (χ4n) is 6.73. The number of benzene rings is 2. The molecule has 0 aromatic heterocycles. The Kier molecular flexibility index (Phi) is 22.0. The topological polar surface area (TPSA) is 309 Å². The van der Waals surface area contributed by atoms with Gasteiger partial charge in [0.25, 0.3) is 5.91 Å². The molecule has 0 radical (unpaired) electrons. The minimum Gasteiger partial charge on any atom is -0.481 e. The fourth-order valence-corrected chi connectivity index (χ4v) is 6.73. The van der Waals surface area contributed by atoms with Crippen molar-refractivity contribution in [1.29, 1.82) is 0 Å². The van der Waals surface area contributed by atoms with Gasteiger partial charge in [0.15, 0.2) is 5.78 Å². The number of carbonyl (C=O) groups is 10. The zero-order valence-electron chi connectivity index (χ0n) is 38.2. The van der Waals surface area contributed by atoms with Gasteiger partial charge >= 0.3 is 11.9 Å². The Balaban J connectivity index is 2.42. The summed E-state index contributed by atoms with van der Waals surface area (Å²) in [6.45, 7) is 11.8. The summed E-state index contributed by atoms with van der Waals surface area (Å²) in [6, 6.07) is 6.59. The lowest BCUT2D eigenvalue weighted by Crippen LogP contribution is -2.62. The number of aryl methyl sites for hydroxylation is 1. The molecule has 19 heteroatoms. The molecule has 2 aromatic carbocycles. The van der Waals surface area contributed by atoms with Crippen molar-refractivity contribution in [1.82, 2.24) is 26.6 Å². The number of hydrogen-bond acceptors (Lipinski definition) is 11. The molecule has 5 atom stereocenters. The van der Waals surface area contributed by atoms with Crippen LogP contribution >= 0.6 is 0 Å². The Morgan fingerprint density at radius 2 is 1.23 bits per heavy atom. The number of hydrogen-bond donors (Lipinski definition) is 9. The quantitative estimate of drug-likeness (QED) is 0.0438. The summed E-state index contributed by atoms with van der Waals surface area (Å²) in [6.07, 6.45) is -0.272. The molecule has 2 rings (SSSR count). The molecule has 1 unspecified atom stereocenters. The number of rotatable bonds is 28. The van der Waals surface area contributed by atoms with Crippen LogP contribution in [-0.4, -0.2) is 106 Å². The van der Waals surface area contributed by atoms with Crippen LogP contribution < -0.4 is 37.6 Å². The van der Waals surface area contributed by atoms with Gasteiger partial charge in [-0.2, -0.15) is 0 Å². The van der Waals surface area contributed by atoms with Crippen LogP contribution in [0.3, 0.4) is 0 Å². The van der Waals surface area contributed by atoms with E-state index >= 15 is 0 Å². The number of primary amides is 1. The first-order valence-corrected chi connectivity index (χ1v) is 21.6. The molecule has 0 aliphatic carbocycles. The molecular formula is C46H65N7O12. The smallest absolute Gasteiger partial charge is 0.303 e. The van der Waals surface area contributed by atoms with E-state index in [1.807, 2.05) is 20.8 Å². The lowest BCUT2D eigenvalue weighted by molar-refractivity contribution is -0.139. The van der Waals surface area contributed by atoms with Crippen molar-refractivity contribution in [2.24, 2.45) is 17.1 Å². The number of nitrogens with two attached hydrogens (primary N) is 1. The largest absolute Gasteiger partial charge is 0.481 e. The van der Waals surface area contributed by atoms with Gasteiger partial charge in [-0.3, -0.25) is 47.9 Å². The van der Waals surface area contributed by atoms with Crippen LogP contribution in [0.15, 0.2) is 48.5 Å². The van der Waals surface area contributed by atoms with Crippen molar-refractivity contribution in [2.75, 3.05) is 11.9 Å². The van der Waals surface area contributed by atoms with Gasteiger partial charge in [0.05, 0.1) is 19.0 Å². The monoisotopic (exact) mass is 907 g/mol. The summed E-state index contributed by atoms with van der Waals surface area (Å²) < 4.78 is 0. The van der Waals surface area contributed by atoms with Crippen LogP contribution in [0, 0.1) is 18.3 Å². The van der Waals surface area contributed by atoms with Crippen molar-refractivity contribution in [3.63, 3.8) is 0 Å². The Morgan fingerprint density at radius 3 is 1.82 bits per heavy atom. The summed E-state index contributed by atoms with van der Waals surface area (Å²) in [5.41, 5.74) is 6.03. The molecule has 0 aliphatic heterocycles. The molecule has 2 aromatic rings. The summed E-state index contributed by atoms with van der Waals surface area (Å²) in [7, 11) is 0. The number of carboxylic acids is 2. The van der Waals surface area contributed by atoms with E-state index in [4.69, 9.17) is 10.8 Å². The SMILES string of the molecule is CCCCC(NC(=O)[C@H](CC(C)C)NC(=O)[C@@H](NC(=O)[C@H](Cc1ccccc1C)NC(=O)[C@H](CCC(=O)O)NC(=O)CNc1ccccc1C(=O)CCC(=O)O)C(C)(C)C)C(=O)C(N)=O. The summed E-state index contributed by atoms with van der Waals surface area (Å²) in [5, 5.41) is 34.5. The first-order valence-electron chi connectivity index (χ1n) is 21.6. The van der Waals surface area contributed by atoms with Crippen molar-refractivity contribution < 1.29 is 58.2 Å². The van der Waals surface area contributed by atoms with Crippen LogP contribution in [0.4, 0.5) is 5.69 Å². The maximum atomic E-state index is 14.4. The van der Waals surface area contributed by atoms with Gasteiger partial charge < -0.3 is 47.8 Å². The van der Waals surface area contributed by atoms with Gasteiger partial charge in [0.2, 0.25) is 35.3 Å². The highest BCUT2D eigenvalue weighted by Crippen LogP contribution is 2.22. The average Bonchev–Trinajstić information content (AvgIpc) is 3.23. The minimum absolute atomic E-state index is 0.0952. The Labute approximate surface area is 379 Å². The molecule has 10 N–H and O–H groups in total. The second-order valence-corrected chi connectivity index (χ2v) is 17.4. The maximum Gasteiger partial charge on any atom is 0.303 e. The molecule has 0 fully saturated rings. The molecule has 356 valence electrons. The predicted molar refractivity (Wildman–Crippen MR) is 240 cm³/mol. The van der Waals surface area contributed by atoms with Gasteiger partial charge in [0.1, 0.15) is 24.2 Å². The number of para-hydroxylation sites is 1. The first-order chi connectivity index (χ1) is 30.4. The second kappa shape index (κ2) is 26.2. The van der Waals surface area contributed by atoms with Crippen molar-refractivity contribution >= 4 is 64.6 Å². The molecule has 65 heavy (non-hydrogen) atoms. The van der Waals surface area contributed by atoms with Crippen LogP contribution in [0.1, 0.15) is 114 Å². The Bertz CT molecular complexity index is 2050. The fraction of sp³-hybridized carbons (Fsp3) is 0.522. The third kappa shape index (κ3) is 18.9. The maximum absolute atomic E-state index is 14.4. The third-order valence-corrected chi connectivity index (χ3v) is 10.3. The molecular weight excluding hydrogens is 843 g/mol. The first kappa shape index (κ1) is 54.5. The van der Waals surface area contributed by atoms with E-state index in [2.05, 4.69) is 31.9 Å². The van der Waals surface area contributed by atoms with E-state index in [0.29, 0.717) is 18.4 Å². The lowest BCUT2D eigenvalue weighted by atomic mass is 9.85. The number of carboxylic acid groups (broad SMARTS) is 2. The summed E-state index contributed by atoms with van der Waals surface area (Å²) in [4.78, 5) is 129. The number of Topliss-reactive ketones (excluding diaryl/α,β-unsaturated/α-hetero) is 2. The highest BCUT2D eigenvalue weighted by molar-refractivity contribution is 6.37. The van der Waals surface area contributed by atoms with Crippen molar-refractivity contribution in [2.45, 2.75) is 136 Å². The molecule has 19 nitrogen and oxygen atoms in total. The van der Waals surface area contributed by atoms with E-state index < -0.39 is 114 Å². The number of ketones is 2. The average molecular weight is 908 g/mol. The normalized spacial score (nSPS) is 13.5. The zero-order valence-corrected chi connectivity index (χ0v) is 38.2. The Hall–Kier alpha value is -6.66. The molecule has 0 aliphatic rings. The van der Waals surface area contributed by atoms with Crippen LogP contribution in [0.5, 0.6) is 0 Å². The van der Waals surface area contributed by atoms with Crippen molar-refractivity contribution in [3.8, 4) is 0 Å². The predicted octanol–water partition coefficient (Wildman–Crippen LogP) is 2.32. The lowest BCUT2D eigenvalue weighted by Gasteiger charge is -2.34. The molecule has 6 amide bonds. The zero-order chi connectivity index (χ0) is 49.0. The van der Waals surface area contributed by atoms with Gasteiger partial charge in [-0.1, -0.05) is 90.8 Å². The van der Waals surface area contributed by atoms with E-state index in [-0.39, 0.29) is 49.3 Å². The third-order valence-electron chi connectivity index (χ3n) is 10.3. The number of anilines is 1. The number of carbonyl (C=O) groups excluding carboxylic acids is 8. The van der Waals surface area contributed by atoms with E-state index in [1.165, 1.54) is 12.1 Å². The summed E-state index contributed by atoms with van der Waals surface area (Å²) in [5.74, 6) is -9.23. The van der Waals surface area contributed by atoms with E-state index in [0.717, 1.165) is 5.56 Å². The van der Waals surface area contributed by atoms with Crippen LogP contribution in [-0.2, 0) is 49.6 Å². The van der Waals surface area contributed by atoms with Crippen LogP contribution in [0.25, 0.3) is 0 Å². The molecule has 0 saturated heterocycles. The van der Waals surface area contributed by atoms with E-state index in [1.54, 1.807) is 64.1 Å².